The quantitative estimate of drug-likeness (QED) is 0.490. The van der Waals surface area contributed by atoms with Gasteiger partial charge in [0.2, 0.25) is 7.37 Å². The Balaban J connectivity index is 1.86. The van der Waals surface area contributed by atoms with E-state index >= 15 is 0 Å². The highest BCUT2D eigenvalue weighted by Gasteiger charge is 2.22. The Morgan fingerprint density at radius 2 is 2.04 bits per heavy atom. The first-order chi connectivity index (χ1) is 13.0. The molecular formula is C20H20N3O3P. The minimum atomic E-state index is -2.92. The molecule has 0 fully saturated rings. The standard InChI is InChI=1S/C20H20N3O3P/c1-4-26-27(3,24)19-11-15-17(10-13(19)2)21-12-22-20(15)23-16-6-5-7-18-14(16)8-9-25-18/h5-12H,4H2,1-3H3,(H,21,22,23). The number of aryl methyl sites for hydroxylation is 1. The Bertz CT molecular complexity index is 1190. The predicted molar refractivity (Wildman–Crippen MR) is 109 cm³/mol. The third-order valence-corrected chi connectivity index (χ3v) is 6.62. The Labute approximate surface area is 157 Å². The van der Waals surface area contributed by atoms with Gasteiger partial charge in [0.05, 0.1) is 24.1 Å². The van der Waals surface area contributed by atoms with Gasteiger partial charge in [-0.2, -0.15) is 0 Å². The molecule has 0 aliphatic carbocycles. The summed E-state index contributed by atoms with van der Waals surface area (Å²) in [5, 5.41) is 5.81. The normalized spacial score (nSPS) is 13.7. The minimum Gasteiger partial charge on any atom is -0.464 e. The first-order valence-corrected chi connectivity index (χ1v) is 10.8. The number of hydrogen-bond donors (Lipinski definition) is 1. The summed E-state index contributed by atoms with van der Waals surface area (Å²) in [5.74, 6) is 0.645. The van der Waals surface area contributed by atoms with Crippen LogP contribution in [0.25, 0.3) is 21.9 Å². The van der Waals surface area contributed by atoms with Crippen LogP contribution in [0.4, 0.5) is 11.5 Å². The highest BCUT2D eigenvalue weighted by Crippen LogP contribution is 2.43. The van der Waals surface area contributed by atoms with E-state index in [0.717, 1.165) is 33.1 Å². The maximum Gasteiger partial charge on any atom is 0.229 e. The van der Waals surface area contributed by atoms with Crippen molar-refractivity contribution in [3.63, 3.8) is 0 Å². The SMILES string of the molecule is CCOP(C)(=O)c1cc2c(Nc3cccc4occc34)ncnc2cc1C. The van der Waals surface area contributed by atoms with Gasteiger partial charge in [-0.05, 0) is 49.7 Å². The van der Waals surface area contributed by atoms with E-state index in [1.54, 1.807) is 12.9 Å². The molecular weight excluding hydrogens is 361 g/mol. The van der Waals surface area contributed by atoms with Gasteiger partial charge in [-0.15, -0.1) is 0 Å². The van der Waals surface area contributed by atoms with Gasteiger partial charge in [0.15, 0.2) is 0 Å². The molecule has 0 saturated carbocycles. The molecule has 1 unspecified atom stereocenters. The zero-order chi connectivity index (χ0) is 19.0. The zero-order valence-corrected chi connectivity index (χ0v) is 16.3. The molecule has 2 heterocycles. The highest BCUT2D eigenvalue weighted by molar-refractivity contribution is 7.66. The van der Waals surface area contributed by atoms with Crippen LogP contribution in [0.2, 0.25) is 0 Å². The Hall–Kier alpha value is -2.69. The number of hydrogen-bond acceptors (Lipinski definition) is 6. The van der Waals surface area contributed by atoms with Gasteiger partial charge in [0.1, 0.15) is 17.7 Å². The summed E-state index contributed by atoms with van der Waals surface area (Å²) < 4.78 is 24.0. The first kappa shape index (κ1) is 17.7. The van der Waals surface area contributed by atoms with Crippen LogP contribution in [0.1, 0.15) is 12.5 Å². The molecule has 1 atom stereocenters. The van der Waals surface area contributed by atoms with Crippen molar-refractivity contribution in [1.29, 1.82) is 0 Å². The van der Waals surface area contributed by atoms with Crippen LogP contribution in [-0.4, -0.2) is 23.2 Å². The lowest BCUT2D eigenvalue weighted by Crippen LogP contribution is -2.11. The molecule has 0 aliphatic rings. The van der Waals surface area contributed by atoms with Crippen molar-refractivity contribution >= 4 is 46.1 Å². The fourth-order valence-corrected chi connectivity index (χ4v) is 4.98. The molecule has 6 nitrogen and oxygen atoms in total. The third-order valence-electron chi connectivity index (χ3n) is 4.51. The highest BCUT2D eigenvalue weighted by atomic mass is 31.2. The molecule has 0 radical (unpaired) electrons. The number of rotatable bonds is 5. The third kappa shape index (κ3) is 3.22. The molecule has 0 spiro atoms. The lowest BCUT2D eigenvalue weighted by Gasteiger charge is -2.17. The molecule has 0 amide bonds. The molecule has 0 saturated heterocycles. The number of nitrogens with zero attached hydrogens (tertiary/aromatic N) is 2. The number of benzene rings is 2. The van der Waals surface area contributed by atoms with Crippen LogP contribution in [-0.2, 0) is 9.09 Å². The second kappa shape index (κ2) is 6.80. The van der Waals surface area contributed by atoms with Crippen LogP contribution in [0.5, 0.6) is 0 Å². The number of furan rings is 1. The van der Waals surface area contributed by atoms with E-state index in [9.17, 15) is 4.57 Å². The molecule has 1 N–H and O–H groups in total. The second-order valence-corrected chi connectivity index (χ2v) is 8.84. The van der Waals surface area contributed by atoms with Gasteiger partial charge in [-0.1, -0.05) is 6.07 Å². The first-order valence-electron chi connectivity index (χ1n) is 8.71. The van der Waals surface area contributed by atoms with Crippen molar-refractivity contribution in [3.8, 4) is 0 Å². The number of nitrogens with one attached hydrogen (secondary N) is 1. The van der Waals surface area contributed by atoms with Gasteiger partial charge < -0.3 is 14.3 Å². The maximum atomic E-state index is 13.0. The zero-order valence-electron chi connectivity index (χ0n) is 15.4. The van der Waals surface area contributed by atoms with E-state index < -0.39 is 7.37 Å². The van der Waals surface area contributed by atoms with Crippen LogP contribution in [0.15, 0.2) is 53.4 Å². The van der Waals surface area contributed by atoms with Gasteiger partial charge >= 0.3 is 0 Å². The van der Waals surface area contributed by atoms with E-state index in [2.05, 4.69) is 15.3 Å². The predicted octanol–water partition coefficient (Wildman–Crippen LogP) is 5.00. The van der Waals surface area contributed by atoms with Crippen LogP contribution in [0, 0.1) is 6.92 Å². The Kier molecular flexibility index (Phi) is 4.46. The minimum absolute atomic E-state index is 0.393. The van der Waals surface area contributed by atoms with Gasteiger partial charge in [-0.3, -0.25) is 4.57 Å². The van der Waals surface area contributed by atoms with E-state index in [-0.39, 0.29) is 0 Å². The summed E-state index contributed by atoms with van der Waals surface area (Å²) >= 11 is 0. The summed E-state index contributed by atoms with van der Waals surface area (Å²) in [6, 6.07) is 11.5. The van der Waals surface area contributed by atoms with Crippen molar-refractivity contribution < 1.29 is 13.5 Å². The maximum absolute atomic E-state index is 13.0. The number of aromatic nitrogens is 2. The topological polar surface area (TPSA) is 77.2 Å². The number of anilines is 2. The van der Waals surface area contributed by atoms with E-state index in [4.69, 9.17) is 8.94 Å². The van der Waals surface area contributed by atoms with Crippen molar-refractivity contribution in [1.82, 2.24) is 9.97 Å². The molecule has 2 aromatic carbocycles. The summed E-state index contributed by atoms with van der Waals surface area (Å²) in [5.41, 5.74) is 3.35. The van der Waals surface area contributed by atoms with E-state index in [0.29, 0.717) is 17.7 Å². The van der Waals surface area contributed by atoms with Crippen molar-refractivity contribution in [2.24, 2.45) is 0 Å². The smallest absolute Gasteiger partial charge is 0.229 e. The van der Waals surface area contributed by atoms with Crippen LogP contribution in [0.3, 0.4) is 0 Å². The average Bonchev–Trinajstić information content (AvgIpc) is 3.11. The fourth-order valence-electron chi connectivity index (χ4n) is 3.28. The van der Waals surface area contributed by atoms with E-state index in [1.165, 1.54) is 6.33 Å². The van der Waals surface area contributed by atoms with Crippen molar-refractivity contribution in [2.45, 2.75) is 13.8 Å². The molecule has 7 heteroatoms. The largest absolute Gasteiger partial charge is 0.464 e. The van der Waals surface area contributed by atoms with Crippen LogP contribution >= 0.6 is 7.37 Å². The lowest BCUT2D eigenvalue weighted by atomic mass is 10.1. The molecule has 4 aromatic rings. The van der Waals surface area contributed by atoms with Crippen molar-refractivity contribution in [2.75, 3.05) is 18.6 Å². The molecule has 2 aromatic heterocycles. The second-order valence-electron chi connectivity index (χ2n) is 6.40. The molecule has 4 rings (SSSR count). The average molecular weight is 381 g/mol. The van der Waals surface area contributed by atoms with Gasteiger partial charge in [0.25, 0.3) is 0 Å². The number of fused-ring (bicyclic) bond motifs is 2. The van der Waals surface area contributed by atoms with Crippen LogP contribution < -0.4 is 10.6 Å². The summed E-state index contributed by atoms with van der Waals surface area (Å²) in [4.78, 5) is 8.77. The Morgan fingerprint density at radius 1 is 1.19 bits per heavy atom. The van der Waals surface area contributed by atoms with E-state index in [1.807, 2.05) is 50.2 Å². The molecule has 0 bridgehead atoms. The Morgan fingerprint density at radius 3 is 2.85 bits per heavy atom. The van der Waals surface area contributed by atoms with Gasteiger partial charge in [0, 0.05) is 22.7 Å². The summed E-state index contributed by atoms with van der Waals surface area (Å²) in [6.07, 6.45) is 3.18. The molecule has 0 aliphatic heterocycles. The molecule has 138 valence electrons. The lowest BCUT2D eigenvalue weighted by molar-refractivity contribution is 0.344. The summed E-state index contributed by atoms with van der Waals surface area (Å²) in [6.45, 7) is 5.80. The van der Waals surface area contributed by atoms with Crippen molar-refractivity contribution in [3.05, 3.63) is 54.6 Å². The monoisotopic (exact) mass is 381 g/mol. The summed E-state index contributed by atoms with van der Waals surface area (Å²) in [7, 11) is -2.92. The van der Waals surface area contributed by atoms with Gasteiger partial charge in [-0.25, -0.2) is 9.97 Å². The molecule has 27 heavy (non-hydrogen) atoms. The fraction of sp³-hybridized carbons (Fsp3) is 0.200.